The van der Waals surface area contributed by atoms with Gasteiger partial charge in [-0.3, -0.25) is 19.4 Å². The van der Waals surface area contributed by atoms with Crippen LogP contribution in [-0.2, 0) is 16.1 Å². The zero-order chi connectivity index (χ0) is 14.2. The van der Waals surface area contributed by atoms with E-state index >= 15 is 0 Å². The van der Waals surface area contributed by atoms with E-state index in [-0.39, 0.29) is 12.6 Å². The molecule has 5 nitrogen and oxygen atoms in total. The van der Waals surface area contributed by atoms with Gasteiger partial charge in [-0.1, -0.05) is 29.8 Å². The zero-order valence-electron chi connectivity index (χ0n) is 11.2. The summed E-state index contributed by atoms with van der Waals surface area (Å²) in [6, 6.07) is 6.66. The Morgan fingerprint density at radius 2 is 1.79 bits per heavy atom. The average molecular weight is 260 g/mol. The lowest BCUT2D eigenvalue weighted by Crippen LogP contribution is -2.37. The number of amides is 4. The zero-order valence-corrected chi connectivity index (χ0v) is 11.2. The molecule has 0 N–H and O–H groups in total. The van der Waals surface area contributed by atoms with E-state index in [0.717, 1.165) is 20.9 Å². The van der Waals surface area contributed by atoms with Gasteiger partial charge in [0.15, 0.2) is 0 Å². The highest BCUT2D eigenvalue weighted by molar-refractivity contribution is 6.44. The minimum absolute atomic E-state index is 0.133. The van der Waals surface area contributed by atoms with Gasteiger partial charge in [0.25, 0.3) is 0 Å². The third-order valence-electron chi connectivity index (χ3n) is 3.02. The maximum absolute atomic E-state index is 12.1. The molecule has 1 heterocycles. The van der Waals surface area contributed by atoms with Gasteiger partial charge in [-0.2, -0.15) is 0 Å². The van der Waals surface area contributed by atoms with E-state index in [1.807, 2.05) is 31.2 Å². The molecule has 100 valence electrons. The van der Waals surface area contributed by atoms with Crippen molar-refractivity contribution in [2.24, 2.45) is 0 Å². The molecule has 0 bridgehead atoms. The van der Waals surface area contributed by atoms with Crippen LogP contribution in [0.1, 0.15) is 25.0 Å². The molecule has 4 amide bonds. The maximum atomic E-state index is 12.1. The molecule has 1 aromatic rings. The van der Waals surface area contributed by atoms with Crippen LogP contribution in [-0.4, -0.2) is 33.7 Å². The second kappa shape index (κ2) is 4.84. The van der Waals surface area contributed by atoms with Crippen molar-refractivity contribution in [3.8, 4) is 0 Å². The van der Waals surface area contributed by atoms with E-state index in [1.165, 1.54) is 0 Å². The molecule has 5 heteroatoms. The molecule has 19 heavy (non-hydrogen) atoms. The van der Waals surface area contributed by atoms with Crippen LogP contribution in [0, 0.1) is 6.92 Å². The second-order valence-corrected chi connectivity index (χ2v) is 4.93. The van der Waals surface area contributed by atoms with Crippen molar-refractivity contribution in [1.29, 1.82) is 0 Å². The fourth-order valence-electron chi connectivity index (χ4n) is 2.11. The summed E-state index contributed by atoms with van der Waals surface area (Å²) in [7, 11) is 0. The summed E-state index contributed by atoms with van der Waals surface area (Å²) >= 11 is 0. The van der Waals surface area contributed by atoms with Gasteiger partial charge in [0, 0.05) is 6.04 Å². The highest BCUT2D eigenvalue weighted by Gasteiger charge is 2.45. The fourth-order valence-corrected chi connectivity index (χ4v) is 2.11. The number of imide groups is 2. The lowest BCUT2D eigenvalue weighted by Gasteiger charge is -2.18. The predicted molar refractivity (Wildman–Crippen MR) is 69.1 cm³/mol. The fraction of sp³-hybridized carbons (Fsp3) is 0.357. The molecule has 0 aliphatic carbocycles. The third kappa shape index (κ3) is 2.36. The molecular formula is C14H16N2O3. The maximum Gasteiger partial charge on any atom is 0.334 e. The van der Waals surface area contributed by atoms with Gasteiger partial charge < -0.3 is 0 Å². The number of nitrogens with zero attached hydrogens (tertiary/aromatic N) is 2. The number of hydrogen-bond donors (Lipinski definition) is 0. The van der Waals surface area contributed by atoms with Crippen molar-refractivity contribution < 1.29 is 14.4 Å². The van der Waals surface area contributed by atoms with E-state index in [0.29, 0.717) is 0 Å². The Morgan fingerprint density at radius 1 is 1.11 bits per heavy atom. The van der Waals surface area contributed by atoms with Crippen LogP contribution in [0.15, 0.2) is 24.3 Å². The van der Waals surface area contributed by atoms with Crippen molar-refractivity contribution >= 4 is 17.8 Å². The molecule has 2 rings (SSSR count). The third-order valence-corrected chi connectivity index (χ3v) is 3.02. The Balaban J connectivity index is 2.24. The van der Waals surface area contributed by atoms with Gasteiger partial charge in [0.2, 0.25) is 0 Å². The van der Waals surface area contributed by atoms with Crippen LogP contribution in [0.2, 0.25) is 0 Å². The Bertz CT molecular complexity index is 551. The Kier molecular flexibility index (Phi) is 3.38. The number of rotatable bonds is 3. The van der Waals surface area contributed by atoms with Gasteiger partial charge >= 0.3 is 17.8 Å². The summed E-state index contributed by atoms with van der Waals surface area (Å²) in [6.07, 6.45) is 0. The van der Waals surface area contributed by atoms with Crippen LogP contribution in [0.25, 0.3) is 0 Å². The van der Waals surface area contributed by atoms with Crippen LogP contribution in [0.4, 0.5) is 4.79 Å². The van der Waals surface area contributed by atoms with Gasteiger partial charge in [-0.05, 0) is 26.3 Å². The van der Waals surface area contributed by atoms with Gasteiger partial charge in [-0.25, -0.2) is 4.79 Å². The number of carbonyl (C=O) groups is 3. The van der Waals surface area contributed by atoms with Crippen molar-refractivity contribution in [3.63, 3.8) is 0 Å². The number of aryl methyl sites for hydroxylation is 1. The van der Waals surface area contributed by atoms with Crippen molar-refractivity contribution in [1.82, 2.24) is 9.80 Å². The first-order valence-electron chi connectivity index (χ1n) is 6.16. The Labute approximate surface area is 111 Å². The van der Waals surface area contributed by atoms with Crippen LogP contribution >= 0.6 is 0 Å². The largest absolute Gasteiger partial charge is 0.334 e. The highest BCUT2D eigenvalue weighted by Crippen LogP contribution is 2.18. The molecule has 1 fully saturated rings. The summed E-state index contributed by atoms with van der Waals surface area (Å²) in [4.78, 5) is 37.6. The summed E-state index contributed by atoms with van der Waals surface area (Å²) in [5.41, 5.74) is 1.88. The van der Waals surface area contributed by atoms with Gasteiger partial charge in [0.05, 0.1) is 6.54 Å². The molecule has 0 spiro atoms. The topological polar surface area (TPSA) is 57.7 Å². The molecular weight excluding hydrogens is 244 g/mol. The number of carbonyl (C=O) groups excluding carboxylic acids is 3. The number of hydrogen-bond acceptors (Lipinski definition) is 3. The lowest BCUT2D eigenvalue weighted by molar-refractivity contribution is -0.144. The Hall–Kier alpha value is -2.17. The molecule has 0 unspecified atom stereocenters. The molecule has 1 aliphatic heterocycles. The first-order valence-corrected chi connectivity index (χ1v) is 6.16. The van der Waals surface area contributed by atoms with E-state index in [1.54, 1.807) is 13.8 Å². The van der Waals surface area contributed by atoms with E-state index < -0.39 is 17.8 Å². The second-order valence-electron chi connectivity index (χ2n) is 4.93. The van der Waals surface area contributed by atoms with Crippen LogP contribution in [0.5, 0.6) is 0 Å². The predicted octanol–water partition coefficient (Wildman–Crippen LogP) is 1.69. The smallest absolute Gasteiger partial charge is 0.263 e. The normalized spacial score (nSPS) is 15.9. The van der Waals surface area contributed by atoms with Crippen LogP contribution < -0.4 is 0 Å². The van der Waals surface area contributed by atoms with Crippen molar-refractivity contribution in [3.05, 3.63) is 35.4 Å². The minimum Gasteiger partial charge on any atom is -0.263 e. The quantitative estimate of drug-likeness (QED) is 0.614. The molecule has 0 aromatic heterocycles. The molecule has 1 aromatic carbocycles. The highest BCUT2D eigenvalue weighted by atomic mass is 16.2. The first-order chi connectivity index (χ1) is 8.91. The molecule has 0 saturated carbocycles. The monoisotopic (exact) mass is 260 g/mol. The van der Waals surface area contributed by atoms with Crippen molar-refractivity contribution in [2.45, 2.75) is 33.4 Å². The molecule has 0 atom stereocenters. The van der Waals surface area contributed by atoms with Gasteiger partial charge in [0.1, 0.15) is 0 Å². The van der Waals surface area contributed by atoms with E-state index in [9.17, 15) is 14.4 Å². The molecule has 1 saturated heterocycles. The molecule has 1 aliphatic rings. The Morgan fingerprint density at radius 3 is 2.32 bits per heavy atom. The lowest BCUT2D eigenvalue weighted by atomic mass is 10.1. The SMILES string of the molecule is Cc1cccc(CN2C(=O)C(=O)N(C(C)C)C2=O)c1. The summed E-state index contributed by atoms with van der Waals surface area (Å²) in [5.74, 6) is -1.49. The van der Waals surface area contributed by atoms with Crippen LogP contribution in [0.3, 0.4) is 0 Å². The summed E-state index contributed by atoms with van der Waals surface area (Å²) in [6.45, 7) is 5.48. The first kappa shape index (κ1) is 13.3. The van der Waals surface area contributed by atoms with Gasteiger partial charge in [-0.15, -0.1) is 0 Å². The number of urea groups is 1. The number of benzene rings is 1. The summed E-state index contributed by atoms with van der Waals surface area (Å²) < 4.78 is 0. The average Bonchev–Trinajstić information content (AvgIpc) is 2.53. The van der Waals surface area contributed by atoms with E-state index in [2.05, 4.69) is 0 Å². The minimum atomic E-state index is -0.750. The standard InChI is InChI=1S/C14H16N2O3/c1-9(2)16-13(18)12(17)15(14(16)19)8-11-6-4-5-10(3)7-11/h4-7,9H,8H2,1-3H3. The van der Waals surface area contributed by atoms with E-state index in [4.69, 9.17) is 0 Å². The summed E-state index contributed by atoms with van der Waals surface area (Å²) in [5, 5.41) is 0. The molecule has 0 radical (unpaired) electrons. The van der Waals surface area contributed by atoms with Crippen molar-refractivity contribution in [2.75, 3.05) is 0 Å².